The van der Waals surface area contributed by atoms with E-state index in [1.807, 2.05) is 24.3 Å². The zero-order valence-corrected chi connectivity index (χ0v) is 16.8. The lowest BCUT2D eigenvalue weighted by molar-refractivity contribution is -0.138. The highest BCUT2D eigenvalue weighted by atomic mass is 35.5. The number of rotatable bonds is 4. The molecule has 1 aromatic heterocycles. The van der Waals surface area contributed by atoms with Crippen LogP contribution in [0.2, 0.25) is 0 Å². The van der Waals surface area contributed by atoms with Gasteiger partial charge >= 0.3 is 5.97 Å². The molecule has 2 N–H and O–H groups in total. The number of halogens is 1. The van der Waals surface area contributed by atoms with Crippen LogP contribution in [0, 0.1) is 17.3 Å². The zero-order chi connectivity index (χ0) is 19.5. The van der Waals surface area contributed by atoms with Gasteiger partial charge in [0.05, 0.1) is 17.7 Å². The number of amides is 1. The van der Waals surface area contributed by atoms with Gasteiger partial charge in [-0.1, -0.05) is 18.2 Å². The van der Waals surface area contributed by atoms with Crippen molar-refractivity contribution in [3.05, 3.63) is 30.0 Å². The number of benzene rings is 1. The van der Waals surface area contributed by atoms with Gasteiger partial charge in [0.15, 0.2) is 0 Å². The zero-order valence-electron chi connectivity index (χ0n) is 16.0. The molecule has 4 fully saturated rings. The van der Waals surface area contributed by atoms with Crippen molar-refractivity contribution in [3.8, 4) is 0 Å². The third kappa shape index (κ3) is 2.74. The molecular formula is C22H25ClN2O3. The SMILES string of the molecule is CCOC(=O)c1[nH]c2ccccc2c1NC(=O)C12C[C@H]3C[C@@H](CC(Cl)(C3)C1)C2. The van der Waals surface area contributed by atoms with Crippen molar-refractivity contribution in [2.45, 2.75) is 50.3 Å². The molecule has 1 heterocycles. The minimum Gasteiger partial charge on any atom is -0.461 e. The largest absolute Gasteiger partial charge is 0.461 e. The Morgan fingerprint density at radius 1 is 1.21 bits per heavy atom. The summed E-state index contributed by atoms with van der Waals surface area (Å²) in [6.45, 7) is 2.05. The Hall–Kier alpha value is -2.01. The summed E-state index contributed by atoms with van der Waals surface area (Å²) in [5.74, 6) is 0.629. The molecule has 28 heavy (non-hydrogen) atoms. The van der Waals surface area contributed by atoms with E-state index in [4.69, 9.17) is 16.3 Å². The van der Waals surface area contributed by atoms with Crippen LogP contribution >= 0.6 is 11.6 Å². The minimum absolute atomic E-state index is 0.00178. The summed E-state index contributed by atoms with van der Waals surface area (Å²) in [6, 6.07) is 7.61. The molecule has 4 aliphatic carbocycles. The summed E-state index contributed by atoms with van der Waals surface area (Å²) in [4.78, 5) is 28.9. The molecule has 0 unspecified atom stereocenters. The molecule has 4 bridgehead atoms. The normalized spacial score (nSPS) is 33.2. The Bertz CT molecular complexity index is 952. The van der Waals surface area contributed by atoms with E-state index >= 15 is 0 Å². The molecule has 2 aromatic rings. The Balaban J connectivity index is 1.51. The van der Waals surface area contributed by atoms with Gasteiger partial charge in [0.25, 0.3) is 0 Å². The number of hydrogen-bond acceptors (Lipinski definition) is 3. The number of esters is 1. The fourth-order valence-corrected chi connectivity index (χ4v) is 6.98. The van der Waals surface area contributed by atoms with Gasteiger partial charge in [-0.3, -0.25) is 4.79 Å². The lowest BCUT2D eigenvalue weighted by Crippen LogP contribution is -2.57. The van der Waals surface area contributed by atoms with Crippen LogP contribution in [0.5, 0.6) is 0 Å². The van der Waals surface area contributed by atoms with Crippen LogP contribution in [0.1, 0.15) is 55.9 Å². The van der Waals surface area contributed by atoms with Gasteiger partial charge in [0.1, 0.15) is 5.69 Å². The van der Waals surface area contributed by atoms with Crippen molar-refractivity contribution in [2.75, 3.05) is 11.9 Å². The second-order valence-corrected chi connectivity index (χ2v) is 9.79. The van der Waals surface area contributed by atoms with Gasteiger partial charge in [-0.25, -0.2) is 4.79 Å². The van der Waals surface area contributed by atoms with Gasteiger partial charge in [-0.15, -0.1) is 11.6 Å². The standard InChI is InChI=1S/C22H25ClN2O3/c1-2-28-19(26)18-17(15-5-3-4-6-16(15)24-18)25-20(27)21-8-13-7-14(9-21)11-22(23,10-13)12-21/h3-6,13-14,24H,2,7-12H2,1H3,(H,25,27)/t13-,14-,21?,22?/m1/s1. The third-order valence-electron chi connectivity index (χ3n) is 6.90. The number of fused-ring (bicyclic) bond motifs is 1. The molecule has 0 spiro atoms. The van der Waals surface area contributed by atoms with E-state index in [2.05, 4.69) is 10.3 Å². The number of hydrogen-bond donors (Lipinski definition) is 2. The second-order valence-electron chi connectivity index (χ2n) is 8.99. The van der Waals surface area contributed by atoms with Crippen LogP contribution in [0.3, 0.4) is 0 Å². The lowest BCUT2D eigenvalue weighted by Gasteiger charge is -2.59. The maximum atomic E-state index is 13.5. The third-order valence-corrected chi connectivity index (χ3v) is 7.34. The van der Waals surface area contributed by atoms with Gasteiger partial charge in [0.2, 0.25) is 5.91 Å². The van der Waals surface area contributed by atoms with E-state index in [-0.39, 0.29) is 17.4 Å². The fourth-order valence-electron chi connectivity index (χ4n) is 6.29. The molecule has 1 amide bonds. The number of ether oxygens (including phenoxy) is 1. The Morgan fingerprint density at radius 2 is 1.93 bits per heavy atom. The van der Waals surface area contributed by atoms with Crippen molar-refractivity contribution >= 4 is 40.1 Å². The first-order valence-corrected chi connectivity index (χ1v) is 10.6. The van der Waals surface area contributed by atoms with E-state index in [9.17, 15) is 9.59 Å². The first-order valence-electron chi connectivity index (χ1n) is 10.2. The molecule has 5 nitrogen and oxygen atoms in total. The van der Waals surface area contributed by atoms with E-state index in [0.29, 0.717) is 23.2 Å². The number of alkyl halides is 1. The van der Waals surface area contributed by atoms with Crippen LogP contribution in [0.4, 0.5) is 5.69 Å². The topological polar surface area (TPSA) is 71.2 Å². The van der Waals surface area contributed by atoms with Crippen LogP contribution in [0.15, 0.2) is 24.3 Å². The van der Waals surface area contributed by atoms with Crippen molar-refractivity contribution in [3.63, 3.8) is 0 Å². The van der Waals surface area contributed by atoms with Crippen molar-refractivity contribution in [1.29, 1.82) is 0 Å². The minimum atomic E-state index is -0.451. The van der Waals surface area contributed by atoms with Crippen LogP contribution < -0.4 is 5.32 Å². The Morgan fingerprint density at radius 3 is 2.61 bits per heavy atom. The van der Waals surface area contributed by atoms with Crippen molar-refractivity contribution in [1.82, 2.24) is 4.98 Å². The fraction of sp³-hybridized carbons (Fsp3) is 0.545. The number of aromatic nitrogens is 1. The van der Waals surface area contributed by atoms with Crippen molar-refractivity contribution < 1.29 is 14.3 Å². The molecule has 0 saturated heterocycles. The highest BCUT2D eigenvalue weighted by molar-refractivity contribution is 6.24. The van der Waals surface area contributed by atoms with E-state index < -0.39 is 11.4 Å². The number of aromatic amines is 1. The molecule has 4 aliphatic rings. The summed E-state index contributed by atoms with van der Waals surface area (Å²) in [7, 11) is 0. The maximum Gasteiger partial charge on any atom is 0.356 e. The molecule has 6 heteroatoms. The highest BCUT2D eigenvalue weighted by Crippen LogP contribution is 2.64. The molecule has 0 aliphatic heterocycles. The molecule has 4 saturated carbocycles. The summed E-state index contributed by atoms with van der Waals surface area (Å²) >= 11 is 6.90. The monoisotopic (exact) mass is 400 g/mol. The molecular weight excluding hydrogens is 376 g/mol. The summed E-state index contributed by atoms with van der Waals surface area (Å²) < 4.78 is 5.20. The number of para-hydroxylation sites is 1. The molecule has 148 valence electrons. The average Bonchev–Trinajstić information content (AvgIpc) is 2.99. The predicted octanol–water partition coefficient (Wildman–Crippen LogP) is 4.86. The van der Waals surface area contributed by atoms with E-state index in [0.717, 1.165) is 43.0 Å². The maximum absolute atomic E-state index is 13.5. The molecule has 6 rings (SSSR count). The number of H-pyrrole nitrogens is 1. The van der Waals surface area contributed by atoms with Gasteiger partial charge < -0.3 is 15.0 Å². The number of nitrogens with one attached hydrogen (secondary N) is 2. The number of carbonyl (C=O) groups is 2. The first-order chi connectivity index (χ1) is 13.4. The lowest BCUT2D eigenvalue weighted by atomic mass is 9.49. The van der Waals surface area contributed by atoms with Crippen LogP contribution in [0.25, 0.3) is 10.9 Å². The van der Waals surface area contributed by atoms with Crippen molar-refractivity contribution in [2.24, 2.45) is 17.3 Å². The summed E-state index contributed by atoms with van der Waals surface area (Å²) in [5, 5.41) is 3.94. The molecule has 0 radical (unpaired) electrons. The first kappa shape index (κ1) is 18.0. The quantitative estimate of drug-likeness (QED) is 0.568. The van der Waals surface area contributed by atoms with Gasteiger partial charge in [-0.2, -0.15) is 0 Å². The van der Waals surface area contributed by atoms with Gasteiger partial charge in [0, 0.05) is 15.8 Å². The average molecular weight is 401 g/mol. The van der Waals surface area contributed by atoms with Crippen LogP contribution in [-0.2, 0) is 9.53 Å². The summed E-state index contributed by atoms with van der Waals surface area (Å²) in [5.41, 5.74) is 1.22. The molecule has 1 aromatic carbocycles. The summed E-state index contributed by atoms with van der Waals surface area (Å²) in [6.07, 6.45) is 5.80. The van der Waals surface area contributed by atoms with Gasteiger partial charge in [-0.05, 0) is 63.4 Å². The number of carbonyl (C=O) groups excluding carboxylic acids is 2. The van der Waals surface area contributed by atoms with E-state index in [1.54, 1.807) is 6.92 Å². The highest BCUT2D eigenvalue weighted by Gasteiger charge is 2.60. The Kier molecular flexibility index (Phi) is 4.02. The Labute approximate surface area is 169 Å². The predicted molar refractivity (Wildman–Crippen MR) is 109 cm³/mol. The molecule has 2 atom stereocenters. The smallest absolute Gasteiger partial charge is 0.356 e. The number of anilines is 1. The van der Waals surface area contributed by atoms with E-state index in [1.165, 1.54) is 6.42 Å². The second kappa shape index (κ2) is 6.24. The van der Waals surface area contributed by atoms with Crippen LogP contribution in [-0.4, -0.2) is 28.3 Å².